The summed E-state index contributed by atoms with van der Waals surface area (Å²) in [7, 11) is 0. The predicted molar refractivity (Wildman–Crippen MR) is 94.4 cm³/mol. The molecule has 1 N–H and O–H groups in total. The van der Waals surface area contributed by atoms with Crippen molar-refractivity contribution in [3.8, 4) is 5.69 Å². The number of carboxylic acid groups (broad SMARTS) is 1. The summed E-state index contributed by atoms with van der Waals surface area (Å²) in [5.41, 5.74) is 1.93. The molecule has 0 aliphatic rings. The fraction of sp³-hybridized carbons (Fsp3) is 0.353. The Morgan fingerprint density at radius 1 is 1.29 bits per heavy atom. The number of nitrogens with zero attached hydrogens (tertiary/aromatic N) is 3. The molecule has 0 fully saturated rings. The molecular formula is C17H20BrN3O3. The molecule has 1 heterocycles. The maximum absolute atomic E-state index is 12.7. The summed E-state index contributed by atoms with van der Waals surface area (Å²) in [4.78, 5) is 25.1. The number of hydrogen-bond acceptors (Lipinski definition) is 3. The van der Waals surface area contributed by atoms with E-state index in [2.05, 4.69) is 21.0 Å². The molecule has 0 saturated carbocycles. The quantitative estimate of drug-likeness (QED) is 0.817. The molecule has 1 aromatic carbocycles. The summed E-state index contributed by atoms with van der Waals surface area (Å²) in [5.74, 6) is -1.16. The van der Waals surface area contributed by atoms with Crippen LogP contribution in [0.3, 0.4) is 0 Å². The summed E-state index contributed by atoms with van der Waals surface area (Å²) in [6.07, 6.45) is 1.49. The lowest BCUT2D eigenvalue weighted by atomic mass is 10.1. The molecule has 6 nitrogen and oxygen atoms in total. The zero-order valence-corrected chi connectivity index (χ0v) is 15.4. The highest BCUT2D eigenvalue weighted by Gasteiger charge is 2.23. The second-order valence-electron chi connectivity index (χ2n) is 6.01. The zero-order chi connectivity index (χ0) is 17.9. The molecule has 0 aliphatic carbocycles. The van der Waals surface area contributed by atoms with E-state index in [1.165, 1.54) is 11.1 Å². The zero-order valence-electron chi connectivity index (χ0n) is 13.9. The van der Waals surface area contributed by atoms with Crippen molar-refractivity contribution in [2.24, 2.45) is 5.92 Å². The van der Waals surface area contributed by atoms with Crippen LogP contribution in [0.25, 0.3) is 5.69 Å². The van der Waals surface area contributed by atoms with E-state index in [9.17, 15) is 9.59 Å². The average Bonchev–Trinajstić information content (AvgIpc) is 2.87. The van der Waals surface area contributed by atoms with Crippen LogP contribution < -0.4 is 0 Å². The maximum atomic E-state index is 12.7. The van der Waals surface area contributed by atoms with E-state index in [1.807, 2.05) is 38.1 Å². The van der Waals surface area contributed by atoms with Crippen LogP contribution in [0.1, 0.15) is 29.9 Å². The number of amides is 1. The lowest BCUT2D eigenvalue weighted by Crippen LogP contribution is -2.38. The van der Waals surface area contributed by atoms with Gasteiger partial charge in [-0.15, -0.1) is 0 Å². The summed E-state index contributed by atoms with van der Waals surface area (Å²) in [5, 5.41) is 13.3. The Morgan fingerprint density at radius 3 is 2.46 bits per heavy atom. The van der Waals surface area contributed by atoms with E-state index in [-0.39, 0.29) is 18.4 Å². The largest absolute Gasteiger partial charge is 0.480 e. The first-order valence-electron chi connectivity index (χ1n) is 7.61. The Labute approximate surface area is 149 Å². The average molecular weight is 394 g/mol. The fourth-order valence-electron chi connectivity index (χ4n) is 2.46. The van der Waals surface area contributed by atoms with Gasteiger partial charge in [0.2, 0.25) is 0 Å². The normalized spacial score (nSPS) is 10.9. The van der Waals surface area contributed by atoms with Crippen molar-refractivity contribution in [2.45, 2.75) is 20.8 Å². The molecule has 0 spiro atoms. The first-order valence-corrected chi connectivity index (χ1v) is 8.40. The number of aliphatic carboxylic acids is 1. The Hall–Kier alpha value is -2.15. The van der Waals surface area contributed by atoms with E-state index in [0.717, 1.165) is 10.2 Å². The molecule has 1 aromatic heterocycles. The van der Waals surface area contributed by atoms with Gasteiger partial charge in [-0.3, -0.25) is 9.59 Å². The summed E-state index contributed by atoms with van der Waals surface area (Å²) >= 11 is 3.38. The number of carboxylic acids is 1. The third-order valence-electron chi connectivity index (χ3n) is 3.51. The molecule has 0 radical (unpaired) electrons. The number of hydrogen-bond donors (Lipinski definition) is 1. The smallest absolute Gasteiger partial charge is 0.323 e. The molecule has 24 heavy (non-hydrogen) atoms. The lowest BCUT2D eigenvalue weighted by Gasteiger charge is -2.22. The Balaban J connectivity index is 2.32. The van der Waals surface area contributed by atoms with Gasteiger partial charge in [0.25, 0.3) is 5.91 Å². The highest BCUT2D eigenvalue weighted by molar-refractivity contribution is 9.10. The van der Waals surface area contributed by atoms with Gasteiger partial charge in [0.1, 0.15) is 6.54 Å². The van der Waals surface area contributed by atoms with Crippen molar-refractivity contribution in [1.29, 1.82) is 0 Å². The molecule has 0 atom stereocenters. The number of carbonyl (C=O) groups is 2. The van der Waals surface area contributed by atoms with Crippen molar-refractivity contribution in [2.75, 3.05) is 13.1 Å². The molecule has 0 saturated heterocycles. The van der Waals surface area contributed by atoms with Crippen LogP contribution in [-0.2, 0) is 4.79 Å². The predicted octanol–water partition coefficient (Wildman–Crippen LogP) is 3.13. The molecule has 128 valence electrons. The molecule has 0 aliphatic heterocycles. The molecule has 0 bridgehead atoms. The highest BCUT2D eigenvalue weighted by atomic mass is 79.9. The topological polar surface area (TPSA) is 75.4 Å². The van der Waals surface area contributed by atoms with Crippen LogP contribution >= 0.6 is 15.9 Å². The number of aromatic nitrogens is 2. The van der Waals surface area contributed by atoms with E-state index in [0.29, 0.717) is 17.8 Å². The van der Waals surface area contributed by atoms with Crippen molar-refractivity contribution in [1.82, 2.24) is 14.7 Å². The molecule has 2 aromatic rings. The highest BCUT2D eigenvalue weighted by Crippen LogP contribution is 2.18. The van der Waals surface area contributed by atoms with Gasteiger partial charge in [-0.2, -0.15) is 5.10 Å². The monoisotopic (exact) mass is 393 g/mol. The molecular weight excluding hydrogens is 374 g/mol. The Kier molecular flexibility index (Phi) is 5.77. The Bertz CT molecular complexity index is 738. The first kappa shape index (κ1) is 18.2. The van der Waals surface area contributed by atoms with Crippen LogP contribution in [0.5, 0.6) is 0 Å². The molecule has 1 amide bonds. The van der Waals surface area contributed by atoms with Crippen LogP contribution in [0.2, 0.25) is 0 Å². The summed E-state index contributed by atoms with van der Waals surface area (Å²) in [6, 6.07) is 7.57. The van der Waals surface area contributed by atoms with E-state index >= 15 is 0 Å². The fourth-order valence-corrected chi connectivity index (χ4v) is 2.72. The van der Waals surface area contributed by atoms with Crippen LogP contribution in [0.15, 0.2) is 34.9 Å². The SMILES string of the molecule is Cc1c(C(=O)N(CC(=O)O)CC(C)C)cnn1-c1ccc(Br)cc1. The van der Waals surface area contributed by atoms with Crippen LogP contribution in [0, 0.1) is 12.8 Å². The maximum Gasteiger partial charge on any atom is 0.323 e. The van der Waals surface area contributed by atoms with Crippen molar-refractivity contribution < 1.29 is 14.7 Å². The van der Waals surface area contributed by atoms with E-state index in [4.69, 9.17) is 5.11 Å². The Morgan fingerprint density at radius 2 is 1.92 bits per heavy atom. The van der Waals surface area contributed by atoms with Gasteiger partial charge in [0.05, 0.1) is 23.1 Å². The van der Waals surface area contributed by atoms with Crippen LogP contribution in [0.4, 0.5) is 0 Å². The minimum absolute atomic E-state index is 0.176. The second kappa shape index (κ2) is 7.61. The lowest BCUT2D eigenvalue weighted by molar-refractivity contribution is -0.137. The number of rotatable bonds is 6. The first-order chi connectivity index (χ1) is 11.3. The third kappa shape index (κ3) is 4.23. The standard InChI is InChI=1S/C17H20BrN3O3/c1-11(2)9-20(10-16(22)23)17(24)15-8-19-21(12(15)3)14-6-4-13(18)5-7-14/h4-8,11H,9-10H2,1-3H3,(H,22,23). The van der Waals surface area contributed by atoms with Gasteiger partial charge in [0, 0.05) is 11.0 Å². The molecule has 7 heteroatoms. The van der Waals surface area contributed by atoms with E-state index < -0.39 is 5.97 Å². The van der Waals surface area contributed by atoms with Crippen LogP contribution in [-0.4, -0.2) is 44.8 Å². The van der Waals surface area contributed by atoms with Crippen molar-refractivity contribution in [3.63, 3.8) is 0 Å². The van der Waals surface area contributed by atoms with Gasteiger partial charge in [-0.1, -0.05) is 29.8 Å². The van der Waals surface area contributed by atoms with Gasteiger partial charge in [-0.05, 0) is 37.1 Å². The van der Waals surface area contributed by atoms with Gasteiger partial charge in [-0.25, -0.2) is 4.68 Å². The van der Waals surface area contributed by atoms with E-state index in [1.54, 1.807) is 11.6 Å². The molecule has 2 rings (SSSR count). The van der Waals surface area contributed by atoms with Gasteiger partial charge < -0.3 is 10.0 Å². The molecule has 0 unspecified atom stereocenters. The number of benzene rings is 1. The summed E-state index contributed by atoms with van der Waals surface area (Å²) < 4.78 is 2.63. The van der Waals surface area contributed by atoms with Gasteiger partial charge >= 0.3 is 5.97 Å². The van der Waals surface area contributed by atoms with Crippen molar-refractivity contribution in [3.05, 3.63) is 46.2 Å². The third-order valence-corrected chi connectivity index (χ3v) is 4.04. The second-order valence-corrected chi connectivity index (χ2v) is 6.92. The minimum Gasteiger partial charge on any atom is -0.480 e. The summed E-state index contributed by atoms with van der Waals surface area (Å²) in [6.45, 7) is 5.75. The van der Waals surface area contributed by atoms with Crippen molar-refractivity contribution >= 4 is 27.8 Å². The number of halogens is 1. The van der Waals surface area contributed by atoms with Gasteiger partial charge in [0.15, 0.2) is 0 Å². The minimum atomic E-state index is -1.03. The number of carbonyl (C=O) groups excluding carboxylic acids is 1.